The van der Waals surface area contributed by atoms with Gasteiger partial charge in [0.1, 0.15) is 18.2 Å². The Balaban J connectivity index is 2.09. The second kappa shape index (κ2) is 6.15. The summed E-state index contributed by atoms with van der Waals surface area (Å²) in [5, 5.41) is 0. The van der Waals surface area contributed by atoms with Crippen LogP contribution in [0.25, 0.3) is 0 Å². The minimum Gasteiger partial charge on any atom is -0.489 e. The fourth-order valence-corrected chi connectivity index (χ4v) is 1.77. The molecule has 0 saturated heterocycles. The largest absolute Gasteiger partial charge is 0.489 e. The molecule has 0 aliphatic carbocycles. The molecule has 3 heteroatoms. The number of carbonyl (C=O) groups excluding carboxylic acids is 1. The van der Waals surface area contributed by atoms with E-state index in [1.165, 1.54) is 12.1 Å². The molecule has 0 heterocycles. The van der Waals surface area contributed by atoms with E-state index < -0.39 is 0 Å². The van der Waals surface area contributed by atoms with E-state index >= 15 is 0 Å². The molecule has 2 aromatic rings. The molecule has 0 fully saturated rings. The number of ether oxygens (including phenoxy) is 1. The molecule has 0 spiro atoms. The molecule has 0 radical (unpaired) electrons. The summed E-state index contributed by atoms with van der Waals surface area (Å²) in [5.74, 6) is 0.167. The summed E-state index contributed by atoms with van der Waals surface area (Å²) in [7, 11) is 0. The van der Waals surface area contributed by atoms with Crippen molar-refractivity contribution >= 4 is 5.78 Å². The maximum atomic E-state index is 13.0. The zero-order valence-corrected chi connectivity index (χ0v) is 11.2. The predicted molar refractivity (Wildman–Crippen MR) is 76.3 cm³/mol. The van der Waals surface area contributed by atoms with Gasteiger partial charge < -0.3 is 4.74 Å². The number of rotatable bonds is 5. The zero-order valence-electron chi connectivity index (χ0n) is 11.2. The molecule has 20 heavy (non-hydrogen) atoms. The Kier molecular flexibility index (Phi) is 4.31. The lowest BCUT2D eigenvalue weighted by molar-refractivity contribution is 0.103. The number of allylic oxidation sites excluding steroid dienone is 1. The van der Waals surface area contributed by atoms with Crippen LogP contribution in [0.2, 0.25) is 0 Å². The Hall–Kier alpha value is -2.42. The standard InChI is InChI=1S/C17H15FO2/c1-12(2)17(19)14-6-4-8-16(10-14)20-11-13-5-3-7-15(18)9-13/h3-10H,1,11H2,2H3. The van der Waals surface area contributed by atoms with Crippen molar-refractivity contribution in [2.75, 3.05) is 0 Å². The Morgan fingerprint density at radius 2 is 1.95 bits per heavy atom. The number of benzene rings is 2. The average Bonchev–Trinajstić information content (AvgIpc) is 2.44. The summed E-state index contributed by atoms with van der Waals surface area (Å²) in [4.78, 5) is 11.8. The van der Waals surface area contributed by atoms with Gasteiger partial charge in [-0.1, -0.05) is 30.8 Å². The molecule has 0 saturated carbocycles. The first-order valence-electron chi connectivity index (χ1n) is 6.24. The second-order valence-electron chi connectivity index (χ2n) is 4.56. The van der Waals surface area contributed by atoms with Gasteiger partial charge in [0, 0.05) is 5.56 Å². The van der Waals surface area contributed by atoms with E-state index in [9.17, 15) is 9.18 Å². The van der Waals surface area contributed by atoms with Crippen LogP contribution in [0.4, 0.5) is 4.39 Å². The van der Waals surface area contributed by atoms with Crippen molar-refractivity contribution in [3.8, 4) is 5.75 Å². The van der Waals surface area contributed by atoms with Gasteiger partial charge in [-0.25, -0.2) is 4.39 Å². The molecule has 2 rings (SSSR count). The zero-order chi connectivity index (χ0) is 14.5. The van der Waals surface area contributed by atoms with Crippen molar-refractivity contribution in [3.63, 3.8) is 0 Å². The smallest absolute Gasteiger partial charge is 0.188 e. The monoisotopic (exact) mass is 270 g/mol. The lowest BCUT2D eigenvalue weighted by atomic mass is 10.1. The van der Waals surface area contributed by atoms with Crippen LogP contribution in [-0.2, 0) is 6.61 Å². The summed E-state index contributed by atoms with van der Waals surface area (Å²) in [6.45, 7) is 5.55. The van der Waals surface area contributed by atoms with E-state index in [1.54, 1.807) is 43.3 Å². The van der Waals surface area contributed by atoms with Gasteiger partial charge >= 0.3 is 0 Å². The fourth-order valence-electron chi connectivity index (χ4n) is 1.77. The lowest BCUT2D eigenvalue weighted by Crippen LogP contribution is -2.01. The van der Waals surface area contributed by atoms with E-state index in [-0.39, 0.29) is 18.2 Å². The van der Waals surface area contributed by atoms with E-state index in [1.807, 2.05) is 0 Å². The van der Waals surface area contributed by atoms with Crippen LogP contribution < -0.4 is 4.74 Å². The fraction of sp³-hybridized carbons (Fsp3) is 0.118. The highest BCUT2D eigenvalue weighted by molar-refractivity contribution is 6.08. The van der Waals surface area contributed by atoms with Crippen LogP contribution in [0.1, 0.15) is 22.8 Å². The Bertz CT molecular complexity index is 647. The van der Waals surface area contributed by atoms with Crippen molar-refractivity contribution in [1.29, 1.82) is 0 Å². The molecule has 0 aliphatic rings. The molecule has 0 bridgehead atoms. The van der Waals surface area contributed by atoms with E-state index in [4.69, 9.17) is 4.74 Å². The van der Waals surface area contributed by atoms with Crippen molar-refractivity contribution in [2.24, 2.45) is 0 Å². The SMILES string of the molecule is C=C(C)C(=O)c1cccc(OCc2cccc(F)c2)c1. The van der Waals surface area contributed by atoms with Crippen LogP contribution in [0.3, 0.4) is 0 Å². The van der Waals surface area contributed by atoms with Crippen molar-refractivity contribution < 1.29 is 13.9 Å². The number of Topliss-reactive ketones (excluding diaryl/α,β-unsaturated/α-hetero) is 1. The van der Waals surface area contributed by atoms with Gasteiger partial charge in [0.15, 0.2) is 5.78 Å². The van der Waals surface area contributed by atoms with Crippen molar-refractivity contribution in [1.82, 2.24) is 0 Å². The van der Waals surface area contributed by atoms with E-state index in [2.05, 4.69) is 6.58 Å². The summed E-state index contributed by atoms with van der Waals surface area (Å²) < 4.78 is 18.6. The molecular weight excluding hydrogens is 255 g/mol. The first-order valence-corrected chi connectivity index (χ1v) is 6.24. The molecule has 2 aromatic carbocycles. The van der Waals surface area contributed by atoms with Gasteiger partial charge in [-0.15, -0.1) is 0 Å². The Morgan fingerprint density at radius 1 is 1.20 bits per heavy atom. The van der Waals surface area contributed by atoms with Crippen molar-refractivity contribution in [3.05, 3.63) is 77.6 Å². The molecule has 0 aromatic heterocycles. The van der Waals surface area contributed by atoms with Crippen LogP contribution in [-0.4, -0.2) is 5.78 Å². The first-order chi connectivity index (χ1) is 9.56. The van der Waals surface area contributed by atoms with E-state index in [0.29, 0.717) is 16.9 Å². The Morgan fingerprint density at radius 3 is 2.65 bits per heavy atom. The van der Waals surface area contributed by atoms with Gasteiger partial charge in [-0.3, -0.25) is 4.79 Å². The minimum atomic E-state index is -0.294. The summed E-state index contributed by atoms with van der Waals surface area (Å²) >= 11 is 0. The topological polar surface area (TPSA) is 26.3 Å². The molecule has 0 atom stereocenters. The second-order valence-corrected chi connectivity index (χ2v) is 4.56. The number of halogens is 1. The minimum absolute atomic E-state index is 0.110. The quantitative estimate of drug-likeness (QED) is 0.602. The Labute approximate surface area is 117 Å². The van der Waals surface area contributed by atoms with Crippen molar-refractivity contribution in [2.45, 2.75) is 13.5 Å². The number of hydrogen-bond acceptors (Lipinski definition) is 2. The van der Waals surface area contributed by atoms with Gasteiger partial charge in [0.25, 0.3) is 0 Å². The molecule has 2 nitrogen and oxygen atoms in total. The van der Waals surface area contributed by atoms with Crippen LogP contribution in [0.5, 0.6) is 5.75 Å². The molecule has 0 amide bonds. The summed E-state index contributed by atoms with van der Waals surface area (Å²) in [6, 6.07) is 13.1. The van der Waals surface area contributed by atoms with Gasteiger partial charge in [-0.05, 0) is 42.3 Å². The van der Waals surface area contributed by atoms with Gasteiger partial charge in [-0.2, -0.15) is 0 Å². The number of ketones is 1. The highest BCUT2D eigenvalue weighted by atomic mass is 19.1. The molecule has 102 valence electrons. The molecule has 0 N–H and O–H groups in total. The first kappa shape index (κ1) is 14.0. The normalized spacial score (nSPS) is 10.1. The molecule has 0 aliphatic heterocycles. The summed E-state index contributed by atoms with van der Waals surface area (Å²) in [5.41, 5.74) is 1.75. The molecular formula is C17H15FO2. The number of hydrogen-bond donors (Lipinski definition) is 0. The van der Waals surface area contributed by atoms with Crippen LogP contribution in [0, 0.1) is 5.82 Å². The average molecular weight is 270 g/mol. The van der Waals surface area contributed by atoms with E-state index in [0.717, 1.165) is 5.56 Å². The predicted octanol–water partition coefficient (Wildman–Crippen LogP) is 4.16. The van der Waals surface area contributed by atoms with Gasteiger partial charge in [0.2, 0.25) is 0 Å². The third-order valence-corrected chi connectivity index (χ3v) is 2.78. The third kappa shape index (κ3) is 3.54. The number of carbonyl (C=O) groups is 1. The molecule has 0 unspecified atom stereocenters. The summed E-state index contributed by atoms with van der Waals surface area (Å²) in [6.07, 6.45) is 0. The van der Waals surface area contributed by atoms with Crippen LogP contribution in [0.15, 0.2) is 60.7 Å². The van der Waals surface area contributed by atoms with Crippen LogP contribution >= 0.6 is 0 Å². The van der Waals surface area contributed by atoms with Gasteiger partial charge in [0.05, 0.1) is 0 Å². The highest BCUT2D eigenvalue weighted by Crippen LogP contribution is 2.17. The highest BCUT2D eigenvalue weighted by Gasteiger charge is 2.07. The maximum absolute atomic E-state index is 13.0. The lowest BCUT2D eigenvalue weighted by Gasteiger charge is -2.08. The maximum Gasteiger partial charge on any atom is 0.188 e. The third-order valence-electron chi connectivity index (χ3n) is 2.78.